The van der Waals surface area contributed by atoms with Crippen LogP contribution in [0.2, 0.25) is 0 Å². The van der Waals surface area contributed by atoms with Gasteiger partial charge in [-0.1, -0.05) is 114 Å². The maximum absolute atomic E-state index is 13.3. The molecule has 3 heterocycles. The summed E-state index contributed by atoms with van der Waals surface area (Å²) < 4.78 is 57.1. The van der Waals surface area contributed by atoms with E-state index in [4.69, 9.17) is 55.1 Å². The topological polar surface area (TPSA) is 365 Å². The second-order valence-corrected chi connectivity index (χ2v) is 29.5. The number of amides is 6. The summed E-state index contributed by atoms with van der Waals surface area (Å²) in [6, 6.07) is 43.0. The van der Waals surface area contributed by atoms with E-state index in [1.807, 2.05) is 87.5 Å². The Hall–Kier alpha value is -10.1. The molecule has 0 unspecified atom stereocenters. The molecule has 6 aromatic rings. The lowest BCUT2D eigenvalue weighted by molar-refractivity contribution is -0.165. The average Bonchev–Trinajstić information content (AvgIpc) is 0.849. The van der Waals surface area contributed by atoms with Crippen molar-refractivity contribution in [3.05, 3.63) is 196 Å². The highest BCUT2D eigenvalue weighted by Gasteiger charge is 2.33. The first kappa shape index (κ1) is 93.5. The van der Waals surface area contributed by atoms with Gasteiger partial charge in [0.05, 0.1) is 19.8 Å². The molecule has 0 aliphatic carbocycles. The van der Waals surface area contributed by atoms with Gasteiger partial charge in [-0.15, -0.1) is 0 Å². The number of aliphatic carboxylic acids is 4. The van der Waals surface area contributed by atoms with Crippen molar-refractivity contribution in [2.75, 3.05) is 80.2 Å². The number of carboxylic acid groups (broad SMARTS) is 4. The number of carbonyl (C=O) groups is 7. The molecule has 11 N–H and O–H groups in total. The van der Waals surface area contributed by atoms with E-state index in [0.29, 0.717) is 76.8 Å². The molecule has 6 amide bonds. The van der Waals surface area contributed by atoms with E-state index in [2.05, 4.69) is 93.3 Å². The molecule has 113 heavy (non-hydrogen) atoms. The van der Waals surface area contributed by atoms with Crippen LogP contribution in [0.4, 0.5) is 27.6 Å². The Bertz CT molecular complexity index is 3400. The fraction of sp³-hybridized carbons (Fsp3) is 0.482. The molecule has 6 aromatic carbocycles. The van der Waals surface area contributed by atoms with E-state index < -0.39 is 48.3 Å². The lowest BCUT2D eigenvalue weighted by Gasteiger charge is -2.37. The van der Waals surface area contributed by atoms with Crippen LogP contribution in [0.1, 0.15) is 113 Å². The summed E-state index contributed by atoms with van der Waals surface area (Å²) in [7, 11) is 6.32. The number of carboxylic acids is 4. The van der Waals surface area contributed by atoms with Gasteiger partial charge in [-0.05, 0) is 223 Å². The molecule has 0 radical (unpaired) electrons. The van der Waals surface area contributed by atoms with Crippen LogP contribution in [0.25, 0.3) is 0 Å². The number of aliphatic hydroxyl groups is 4. The molecule has 3 saturated heterocycles. The van der Waals surface area contributed by atoms with Gasteiger partial charge in [-0.2, -0.15) is 0 Å². The van der Waals surface area contributed by atoms with Gasteiger partial charge in [0.2, 0.25) is 0 Å². The van der Waals surface area contributed by atoms with E-state index in [-0.39, 0.29) is 53.7 Å². The zero-order valence-electron chi connectivity index (χ0n) is 66.0. The summed E-state index contributed by atoms with van der Waals surface area (Å²) in [5.74, 6) is -3.91. The number of ether oxygens (including phenoxy) is 3. The SMILES string of the molecule is CC(C)COc1ccc(CNC(=O)N(Cc2ccc(F)cc2)C2CCN(C)CC2)cc1.CC(C)COc1ccc(CNC(=O)N(Cc2ccc(F)cc2)C2CCN(C)CC2)cc1.CC(C)COc1ccc(CNC(=O)N(Cc2ccc(F)cc2)C2CCN(C)CC2)cc1.O=C(O)[C@H](O)[C@@H](O)C(=O)O.O=C(O)[C@H](O)[C@@H](O)C(=O)O. The largest absolute Gasteiger partial charge is 0.493 e. The van der Waals surface area contributed by atoms with Crippen LogP contribution in [-0.2, 0) is 58.4 Å². The van der Waals surface area contributed by atoms with E-state index in [1.54, 1.807) is 36.4 Å². The highest BCUT2D eigenvalue weighted by Crippen LogP contribution is 2.25. The predicted octanol–water partition coefficient (Wildman–Crippen LogP) is 9.75. The predicted molar refractivity (Wildman–Crippen MR) is 419 cm³/mol. The van der Waals surface area contributed by atoms with E-state index in [0.717, 1.165) is 128 Å². The molecule has 0 aromatic heterocycles. The summed E-state index contributed by atoms with van der Waals surface area (Å²) in [6.45, 7) is 23.4. The summed E-state index contributed by atoms with van der Waals surface area (Å²) in [4.78, 5) is 91.0. The quantitative estimate of drug-likeness (QED) is 0.0200. The number of nitrogens with zero attached hydrogens (tertiary/aromatic N) is 6. The first-order chi connectivity index (χ1) is 53.6. The monoisotopic (exact) mass is 1580 g/mol. The van der Waals surface area contributed by atoms with Crippen LogP contribution in [0.3, 0.4) is 0 Å². The van der Waals surface area contributed by atoms with Crippen LogP contribution in [0.15, 0.2) is 146 Å². The Morgan fingerprint density at radius 2 is 0.531 bits per heavy atom. The maximum Gasteiger partial charge on any atom is 0.335 e. The number of aliphatic hydroxyl groups excluding tert-OH is 4. The van der Waals surface area contributed by atoms with Gasteiger partial charge in [0.1, 0.15) is 34.7 Å². The zero-order valence-corrected chi connectivity index (χ0v) is 66.0. The zero-order chi connectivity index (χ0) is 83.3. The third-order valence-corrected chi connectivity index (χ3v) is 18.4. The van der Waals surface area contributed by atoms with Gasteiger partial charge in [0.15, 0.2) is 24.4 Å². The molecule has 4 atom stereocenters. The Kier molecular flexibility index (Phi) is 40.3. The summed E-state index contributed by atoms with van der Waals surface area (Å²) in [5, 5.41) is 74.3. The Morgan fingerprint density at radius 1 is 0.345 bits per heavy atom. The van der Waals surface area contributed by atoms with Crippen LogP contribution in [-0.4, -0.2) is 235 Å². The fourth-order valence-corrected chi connectivity index (χ4v) is 11.7. The van der Waals surface area contributed by atoms with Crippen molar-refractivity contribution in [3.8, 4) is 17.2 Å². The maximum atomic E-state index is 13.3. The normalized spacial score (nSPS) is 15.2. The molecule has 27 nitrogen and oxygen atoms in total. The van der Waals surface area contributed by atoms with Gasteiger partial charge in [0, 0.05) is 57.4 Å². The minimum Gasteiger partial charge on any atom is -0.493 e. The minimum atomic E-state index is -2.27. The van der Waals surface area contributed by atoms with Gasteiger partial charge >= 0.3 is 42.0 Å². The molecule has 30 heteroatoms. The van der Waals surface area contributed by atoms with Crippen molar-refractivity contribution < 1.29 is 102 Å². The molecular weight excluding hydrogens is 1470 g/mol. The first-order valence-electron chi connectivity index (χ1n) is 37.9. The number of likely N-dealkylation sites (tertiary alicyclic amines) is 3. The molecule has 0 spiro atoms. The molecule has 3 aliphatic rings. The van der Waals surface area contributed by atoms with Gasteiger partial charge in [0.25, 0.3) is 0 Å². The van der Waals surface area contributed by atoms with Crippen LogP contribution >= 0.6 is 0 Å². The minimum absolute atomic E-state index is 0.0842. The number of hydrogen-bond donors (Lipinski definition) is 11. The summed E-state index contributed by atoms with van der Waals surface area (Å²) in [6.07, 6.45) is -3.44. The fourth-order valence-electron chi connectivity index (χ4n) is 11.7. The molecule has 0 bridgehead atoms. The number of hydrogen-bond acceptors (Lipinski definition) is 17. The van der Waals surface area contributed by atoms with Crippen LogP contribution < -0.4 is 30.2 Å². The summed E-state index contributed by atoms with van der Waals surface area (Å²) >= 11 is 0. The number of halogens is 3. The van der Waals surface area contributed by atoms with E-state index in [9.17, 15) is 46.7 Å². The highest BCUT2D eigenvalue weighted by atomic mass is 19.1. The van der Waals surface area contributed by atoms with Gasteiger partial charge in [-0.3, -0.25) is 0 Å². The smallest absolute Gasteiger partial charge is 0.335 e. The molecule has 620 valence electrons. The van der Waals surface area contributed by atoms with Crippen molar-refractivity contribution in [2.24, 2.45) is 17.8 Å². The highest BCUT2D eigenvalue weighted by molar-refractivity contribution is 5.83. The average molecular weight is 1580 g/mol. The lowest BCUT2D eigenvalue weighted by atomic mass is 10.0. The van der Waals surface area contributed by atoms with Gasteiger partial charge < -0.3 is 100 Å². The number of carbonyl (C=O) groups excluding carboxylic acids is 3. The molecular formula is C83H114F3N9O18. The van der Waals surface area contributed by atoms with E-state index >= 15 is 0 Å². The van der Waals surface area contributed by atoms with Crippen molar-refractivity contribution in [2.45, 2.75) is 162 Å². The third-order valence-electron chi connectivity index (χ3n) is 18.4. The number of rotatable bonds is 30. The van der Waals surface area contributed by atoms with Gasteiger partial charge in [-0.25, -0.2) is 46.7 Å². The van der Waals surface area contributed by atoms with Crippen LogP contribution in [0.5, 0.6) is 17.2 Å². The van der Waals surface area contributed by atoms with Crippen LogP contribution in [0, 0.1) is 35.2 Å². The van der Waals surface area contributed by atoms with Crippen molar-refractivity contribution in [3.63, 3.8) is 0 Å². The number of piperidine rings is 3. The molecule has 9 rings (SSSR count). The standard InChI is InChI=1S/3C25H34FN3O2.2C4H6O6/c3*1-19(2)18-31-24-10-6-20(7-11-24)16-27-25(30)29(23-12-14-28(3)15-13-23)17-21-4-8-22(26)9-5-21;2*5-1(3(7)8)2(6)4(9)10/h3*4-11,19,23H,12-18H2,1-3H3,(H,27,30);2*1-2,5-6H,(H,7,8)(H,9,10)/t;;;2*1-,2-/m...11/s1. The van der Waals surface area contributed by atoms with E-state index in [1.165, 1.54) is 36.4 Å². The lowest BCUT2D eigenvalue weighted by Crippen LogP contribution is -2.49. The number of nitrogens with one attached hydrogen (secondary N) is 3. The van der Waals surface area contributed by atoms with Crippen molar-refractivity contribution >= 4 is 42.0 Å². The number of benzene rings is 6. The molecule has 3 aliphatic heterocycles. The first-order valence-corrected chi connectivity index (χ1v) is 37.9. The Morgan fingerprint density at radius 3 is 0.708 bits per heavy atom. The Labute approximate surface area is 659 Å². The third kappa shape index (κ3) is 35.2. The number of urea groups is 3. The Balaban J connectivity index is 0.000000270. The second kappa shape index (κ2) is 48.8. The summed E-state index contributed by atoms with van der Waals surface area (Å²) in [5.41, 5.74) is 5.87. The van der Waals surface area contributed by atoms with Crippen molar-refractivity contribution in [1.82, 2.24) is 45.3 Å². The van der Waals surface area contributed by atoms with Crippen molar-refractivity contribution in [1.29, 1.82) is 0 Å². The second-order valence-electron chi connectivity index (χ2n) is 29.5. The molecule has 0 saturated carbocycles. The molecule has 3 fully saturated rings.